The third-order valence-electron chi connectivity index (χ3n) is 7.92. The van der Waals surface area contributed by atoms with Gasteiger partial charge in [0.25, 0.3) is 15.9 Å². The van der Waals surface area contributed by atoms with Crippen molar-refractivity contribution in [2.24, 2.45) is 0 Å². The van der Waals surface area contributed by atoms with Crippen LogP contribution in [0.2, 0.25) is 20.1 Å². The molecule has 1 N–H and O–H groups in total. The number of allylic oxidation sites excluding steroid dienone is 4. The minimum atomic E-state index is -4.01. The molecule has 0 amide bonds. The zero-order valence-electron chi connectivity index (χ0n) is 25.9. The molecular weight excluding hydrogens is 674 g/mol. The van der Waals surface area contributed by atoms with Crippen molar-refractivity contribution in [3.8, 4) is 0 Å². The molecule has 244 valence electrons. The summed E-state index contributed by atoms with van der Waals surface area (Å²) in [5, 5.41) is 2.01. The summed E-state index contributed by atoms with van der Waals surface area (Å²) < 4.78 is 36.3. The first-order chi connectivity index (χ1) is 21.5. The normalized spacial score (nSPS) is 14.7. The molecule has 0 aliphatic carbocycles. The van der Waals surface area contributed by atoms with Crippen LogP contribution >= 0.6 is 46.4 Å². The molecule has 0 spiro atoms. The molecule has 1 aliphatic heterocycles. The number of hydrogen-bond acceptors (Lipinski definition) is 4. The number of fused-ring (bicyclic) bond motifs is 2. The van der Waals surface area contributed by atoms with Gasteiger partial charge in [-0.2, -0.15) is 8.42 Å². The number of aromatic nitrogens is 2. The Bertz CT molecular complexity index is 1720. The Balaban J connectivity index is 1.65. The fourth-order valence-electron chi connectivity index (χ4n) is 5.79. The molecule has 2 aromatic carbocycles. The van der Waals surface area contributed by atoms with Gasteiger partial charge in [0.1, 0.15) is 5.82 Å². The molecule has 1 aliphatic rings. The summed E-state index contributed by atoms with van der Waals surface area (Å²) in [6.45, 7) is 9.31. The van der Waals surface area contributed by atoms with Gasteiger partial charge >= 0.3 is 0 Å². The molecule has 3 aromatic rings. The topological polar surface area (TPSA) is 69.7 Å². The summed E-state index contributed by atoms with van der Waals surface area (Å²) in [6.07, 6.45) is 15.7. The zero-order valence-corrected chi connectivity index (χ0v) is 29.8. The van der Waals surface area contributed by atoms with E-state index in [9.17, 15) is 13.0 Å². The van der Waals surface area contributed by atoms with Crippen LogP contribution in [0, 0.1) is 0 Å². The van der Waals surface area contributed by atoms with E-state index in [-0.39, 0.29) is 5.75 Å². The number of rotatable bonds is 15. The molecule has 0 radical (unpaired) electrons. The van der Waals surface area contributed by atoms with E-state index in [4.69, 9.17) is 46.4 Å². The number of halogens is 4. The van der Waals surface area contributed by atoms with E-state index in [0.29, 0.717) is 46.0 Å². The Labute approximate surface area is 287 Å². The number of nitrogens with zero attached hydrogens (tertiary/aromatic N) is 4. The molecule has 45 heavy (non-hydrogen) atoms. The van der Waals surface area contributed by atoms with Gasteiger partial charge in [-0.25, -0.2) is 9.13 Å². The Kier molecular flexibility index (Phi) is 12.7. The van der Waals surface area contributed by atoms with Crippen LogP contribution in [0.15, 0.2) is 54.4 Å². The van der Waals surface area contributed by atoms with Gasteiger partial charge in [0.05, 0.1) is 50.3 Å². The second-order valence-corrected chi connectivity index (χ2v) is 14.2. The van der Waals surface area contributed by atoms with Gasteiger partial charge in [0.15, 0.2) is 11.0 Å². The fraction of sp³-hybridized carbons (Fsp3) is 0.424. The van der Waals surface area contributed by atoms with E-state index < -0.39 is 10.1 Å². The molecule has 0 saturated carbocycles. The molecule has 12 heteroatoms. The SMILES string of the molecule is CCCCCC[n+]1c(/C=C/C=C/C=C2/N(CC)c3cc(Cl)c(Cl)cc3N2CCCCS(=O)(=O)O)n(CC)c2cc(Cl)c(Cl)cc21. The van der Waals surface area contributed by atoms with Crippen LogP contribution < -0.4 is 14.4 Å². The zero-order chi connectivity index (χ0) is 32.7. The highest BCUT2D eigenvalue weighted by molar-refractivity contribution is 7.85. The van der Waals surface area contributed by atoms with Gasteiger partial charge in [-0.05, 0) is 57.7 Å². The molecule has 0 saturated heterocycles. The van der Waals surface area contributed by atoms with E-state index in [2.05, 4.69) is 45.8 Å². The molecule has 7 nitrogen and oxygen atoms in total. The predicted octanol–water partition coefficient (Wildman–Crippen LogP) is 9.57. The first kappa shape index (κ1) is 35.7. The summed E-state index contributed by atoms with van der Waals surface area (Å²) in [4.78, 5) is 4.27. The average molecular weight is 716 g/mol. The molecule has 0 bridgehead atoms. The van der Waals surface area contributed by atoms with Crippen LogP contribution in [0.5, 0.6) is 0 Å². The lowest BCUT2D eigenvalue weighted by Crippen LogP contribution is -2.36. The number of anilines is 2. The molecular formula is C33H41Cl4N4O3S+. The molecule has 0 atom stereocenters. The Hall–Kier alpha value is -2.20. The Morgan fingerprint density at radius 1 is 0.778 bits per heavy atom. The van der Waals surface area contributed by atoms with Crippen molar-refractivity contribution < 1.29 is 17.5 Å². The standard InChI is InChI=1S/C33H40Cl4N4O3S/c1-4-7-8-12-17-40-30-22-26(36)24(34)20-28(30)38(5-2)32(40)15-10-9-11-16-33-39(6-3)29-21-25(35)27(37)23-31(29)41(33)18-13-14-19-45(42,43)44/h9-11,15-16,20-23H,4-8,12-14,17-19H2,1-3H3/p+1. The van der Waals surface area contributed by atoms with Crippen LogP contribution in [0.25, 0.3) is 17.1 Å². The average Bonchev–Trinajstić information content (AvgIpc) is 3.42. The monoisotopic (exact) mass is 713 g/mol. The lowest BCUT2D eigenvalue weighted by atomic mass is 10.2. The molecule has 1 aromatic heterocycles. The van der Waals surface area contributed by atoms with E-state index in [1.165, 1.54) is 19.3 Å². The van der Waals surface area contributed by atoms with Gasteiger partial charge < -0.3 is 9.80 Å². The predicted molar refractivity (Wildman–Crippen MR) is 191 cm³/mol. The summed E-state index contributed by atoms with van der Waals surface area (Å²) in [6, 6.07) is 7.61. The summed E-state index contributed by atoms with van der Waals surface area (Å²) in [7, 11) is -4.01. The second-order valence-electron chi connectivity index (χ2n) is 11.0. The highest BCUT2D eigenvalue weighted by Crippen LogP contribution is 2.45. The van der Waals surface area contributed by atoms with Gasteiger partial charge in [-0.1, -0.05) is 84.4 Å². The van der Waals surface area contributed by atoms with E-state index in [1.807, 2.05) is 48.6 Å². The van der Waals surface area contributed by atoms with Crippen LogP contribution in [0.1, 0.15) is 65.1 Å². The van der Waals surface area contributed by atoms with Crippen LogP contribution in [-0.2, 0) is 23.2 Å². The number of benzene rings is 2. The minimum absolute atomic E-state index is 0.276. The highest BCUT2D eigenvalue weighted by Gasteiger charge is 2.31. The van der Waals surface area contributed by atoms with Gasteiger partial charge in [-0.15, -0.1) is 0 Å². The number of hydrogen-bond donors (Lipinski definition) is 1. The largest absolute Gasteiger partial charge is 0.326 e. The van der Waals surface area contributed by atoms with Crippen molar-refractivity contribution in [1.29, 1.82) is 0 Å². The lowest BCUT2D eigenvalue weighted by Gasteiger charge is -2.24. The van der Waals surface area contributed by atoms with E-state index in [0.717, 1.165) is 53.6 Å². The summed E-state index contributed by atoms with van der Waals surface area (Å²) in [5.41, 5.74) is 3.96. The first-order valence-corrected chi connectivity index (χ1v) is 18.6. The van der Waals surface area contributed by atoms with Crippen molar-refractivity contribution in [1.82, 2.24) is 4.57 Å². The molecule has 0 unspecified atom stereocenters. The van der Waals surface area contributed by atoms with E-state index in [1.54, 1.807) is 0 Å². The Morgan fingerprint density at radius 2 is 1.44 bits per heavy atom. The van der Waals surface area contributed by atoms with Crippen LogP contribution in [-0.4, -0.2) is 36.4 Å². The third kappa shape index (κ3) is 8.59. The number of imidazole rings is 1. The Morgan fingerprint density at radius 3 is 2.09 bits per heavy atom. The maximum atomic E-state index is 11.3. The van der Waals surface area contributed by atoms with Gasteiger partial charge in [-0.3, -0.25) is 4.55 Å². The molecule has 4 rings (SSSR count). The van der Waals surface area contributed by atoms with Crippen molar-refractivity contribution in [2.45, 2.75) is 72.4 Å². The number of unbranched alkanes of at least 4 members (excludes halogenated alkanes) is 4. The first-order valence-electron chi connectivity index (χ1n) is 15.5. The van der Waals surface area contributed by atoms with Crippen molar-refractivity contribution in [3.63, 3.8) is 0 Å². The van der Waals surface area contributed by atoms with Crippen molar-refractivity contribution in [2.75, 3.05) is 28.6 Å². The quantitative estimate of drug-likeness (QED) is 0.0735. The van der Waals surface area contributed by atoms with Crippen molar-refractivity contribution in [3.05, 3.63) is 80.3 Å². The molecule has 2 heterocycles. The van der Waals surface area contributed by atoms with Gasteiger partial charge in [0.2, 0.25) is 0 Å². The number of aryl methyl sites for hydroxylation is 2. The smallest absolute Gasteiger partial charge is 0.282 e. The summed E-state index contributed by atoms with van der Waals surface area (Å²) in [5.74, 6) is 1.73. The fourth-order valence-corrected chi connectivity index (χ4v) is 7.00. The van der Waals surface area contributed by atoms with Crippen LogP contribution in [0.4, 0.5) is 11.4 Å². The lowest BCUT2D eigenvalue weighted by molar-refractivity contribution is -0.674. The van der Waals surface area contributed by atoms with E-state index >= 15 is 0 Å². The molecule has 0 fully saturated rings. The summed E-state index contributed by atoms with van der Waals surface area (Å²) >= 11 is 25.7. The minimum Gasteiger partial charge on any atom is -0.326 e. The second kappa shape index (κ2) is 16.1. The third-order valence-corrected chi connectivity index (χ3v) is 10.2. The highest BCUT2D eigenvalue weighted by atomic mass is 35.5. The maximum Gasteiger partial charge on any atom is 0.282 e. The maximum absolute atomic E-state index is 11.3. The van der Waals surface area contributed by atoms with Crippen molar-refractivity contribution >= 4 is 85.0 Å². The van der Waals surface area contributed by atoms with Gasteiger partial charge in [0, 0.05) is 31.3 Å². The van der Waals surface area contributed by atoms with Crippen LogP contribution in [0.3, 0.4) is 0 Å².